The lowest BCUT2D eigenvalue weighted by molar-refractivity contribution is 0.0531. The molecule has 2 aromatic heterocycles. The zero-order valence-electron chi connectivity index (χ0n) is 13.5. The molecule has 0 aliphatic carbocycles. The van der Waals surface area contributed by atoms with Crippen LogP contribution in [-0.2, 0) is 4.74 Å². The predicted molar refractivity (Wildman–Crippen MR) is 97.6 cm³/mol. The minimum absolute atomic E-state index is 0.134. The van der Waals surface area contributed by atoms with Crippen molar-refractivity contribution in [1.82, 2.24) is 9.97 Å². The van der Waals surface area contributed by atoms with Gasteiger partial charge in [-0.25, -0.2) is 9.78 Å². The van der Waals surface area contributed by atoms with Gasteiger partial charge in [0.2, 0.25) is 5.28 Å². The van der Waals surface area contributed by atoms with E-state index in [0.29, 0.717) is 22.1 Å². The van der Waals surface area contributed by atoms with Gasteiger partial charge in [0.1, 0.15) is 15.5 Å². The number of nitrogens with zero attached hydrogens (tertiary/aromatic N) is 2. The Morgan fingerprint density at radius 2 is 2.04 bits per heavy atom. The van der Waals surface area contributed by atoms with E-state index in [1.807, 2.05) is 38.1 Å². The molecule has 3 aromatic rings. The Bertz CT molecular complexity index is 924. The molecule has 124 valence electrons. The number of anilines is 2. The number of carbonyl (C=O) groups excluding carboxylic acids is 1. The van der Waals surface area contributed by atoms with Crippen LogP contribution >= 0.6 is 22.9 Å². The topological polar surface area (TPSA) is 64.1 Å². The Hall–Kier alpha value is -2.18. The number of hydrogen-bond donors (Lipinski definition) is 1. The maximum atomic E-state index is 12.1. The lowest BCUT2D eigenvalue weighted by Crippen LogP contribution is -2.04. The van der Waals surface area contributed by atoms with Crippen molar-refractivity contribution in [3.63, 3.8) is 0 Å². The van der Waals surface area contributed by atoms with E-state index < -0.39 is 0 Å². The number of aromatic nitrogens is 2. The van der Waals surface area contributed by atoms with Crippen molar-refractivity contribution in [3.8, 4) is 0 Å². The van der Waals surface area contributed by atoms with Crippen molar-refractivity contribution in [3.05, 3.63) is 45.6 Å². The van der Waals surface area contributed by atoms with Crippen LogP contribution in [0.25, 0.3) is 10.2 Å². The summed E-state index contributed by atoms with van der Waals surface area (Å²) < 4.78 is 5.12. The van der Waals surface area contributed by atoms with Crippen LogP contribution in [0.5, 0.6) is 0 Å². The standard InChI is InChI=1S/C17H16ClN3O2S/c1-4-23-16(22)13-10(3)12-14(20-17(18)21-15(12)24-13)19-11-8-6-5-7-9(11)2/h5-8H,4H2,1-3H3,(H,19,20,21). The number of aryl methyl sites for hydroxylation is 2. The summed E-state index contributed by atoms with van der Waals surface area (Å²) in [7, 11) is 0. The first-order valence-electron chi connectivity index (χ1n) is 7.47. The smallest absolute Gasteiger partial charge is 0.348 e. The molecule has 0 saturated heterocycles. The number of thiophene rings is 1. The van der Waals surface area contributed by atoms with Crippen LogP contribution in [0.1, 0.15) is 27.7 Å². The van der Waals surface area contributed by atoms with Crippen LogP contribution < -0.4 is 5.32 Å². The van der Waals surface area contributed by atoms with Crippen LogP contribution in [0, 0.1) is 13.8 Å². The molecular weight excluding hydrogens is 346 g/mol. The largest absolute Gasteiger partial charge is 0.462 e. The molecule has 1 N–H and O–H groups in total. The fourth-order valence-corrected chi connectivity index (χ4v) is 3.73. The molecule has 0 bridgehead atoms. The van der Waals surface area contributed by atoms with Crippen molar-refractivity contribution in [1.29, 1.82) is 0 Å². The summed E-state index contributed by atoms with van der Waals surface area (Å²) in [6.45, 7) is 5.98. The number of para-hydroxylation sites is 1. The van der Waals surface area contributed by atoms with Gasteiger partial charge in [0.05, 0.1) is 12.0 Å². The van der Waals surface area contributed by atoms with Crippen molar-refractivity contribution in [2.45, 2.75) is 20.8 Å². The van der Waals surface area contributed by atoms with E-state index in [2.05, 4.69) is 15.3 Å². The molecule has 0 radical (unpaired) electrons. The van der Waals surface area contributed by atoms with E-state index in [0.717, 1.165) is 22.2 Å². The Morgan fingerprint density at radius 3 is 2.75 bits per heavy atom. The molecule has 24 heavy (non-hydrogen) atoms. The Kier molecular flexibility index (Phi) is 4.69. The summed E-state index contributed by atoms with van der Waals surface area (Å²) in [6, 6.07) is 7.88. The lowest BCUT2D eigenvalue weighted by atomic mass is 10.1. The fraction of sp³-hybridized carbons (Fsp3) is 0.235. The van der Waals surface area contributed by atoms with Gasteiger partial charge in [-0.3, -0.25) is 0 Å². The third-order valence-corrected chi connectivity index (χ3v) is 4.96. The number of ether oxygens (including phenoxy) is 1. The Labute approximate surface area is 148 Å². The molecule has 0 fully saturated rings. The van der Waals surface area contributed by atoms with Gasteiger partial charge in [0.15, 0.2) is 0 Å². The van der Waals surface area contributed by atoms with Crippen LogP contribution in [-0.4, -0.2) is 22.5 Å². The maximum Gasteiger partial charge on any atom is 0.348 e. The summed E-state index contributed by atoms with van der Waals surface area (Å²) in [6.07, 6.45) is 0. The van der Waals surface area contributed by atoms with Crippen LogP contribution in [0.3, 0.4) is 0 Å². The number of esters is 1. The Morgan fingerprint density at radius 1 is 1.29 bits per heavy atom. The molecule has 2 heterocycles. The molecule has 7 heteroatoms. The van der Waals surface area contributed by atoms with E-state index in [-0.39, 0.29) is 11.3 Å². The minimum atomic E-state index is -0.351. The highest BCUT2D eigenvalue weighted by molar-refractivity contribution is 7.20. The Balaban J connectivity index is 2.14. The quantitative estimate of drug-likeness (QED) is 0.530. The monoisotopic (exact) mass is 361 g/mol. The summed E-state index contributed by atoms with van der Waals surface area (Å²) in [4.78, 5) is 21.9. The highest BCUT2D eigenvalue weighted by Crippen LogP contribution is 2.36. The summed E-state index contributed by atoms with van der Waals surface area (Å²) in [5, 5.41) is 4.22. The van der Waals surface area contributed by atoms with Gasteiger partial charge in [-0.15, -0.1) is 11.3 Å². The van der Waals surface area contributed by atoms with Crippen LogP contribution in [0.2, 0.25) is 5.28 Å². The number of nitrogens with one attached hydrogen (secondary N) is 1. The molecule has 0 spiro atoms. The molecule has 3 rings (SSSR count). The van der Waals surface area contributed by atoms with Gasteiger partial charge < -0.3 is 10.1 Å². The molecule has 0 atom stereocenters. The van der Waals surface area contributed by atoms with Gasteiger partial charge in [0.25, 0.3) is 0 Å². The van der Waals surface area contributed by atoms with E-state index in [9.17, 15) is 4.79 Å². The normalized spacial score (nSPS) is 10.8. The average Bonchev–Trinajstić information content (AvgIpc) is 2.86. The third kappa shape index (κ3) is 3.07. The third-order valence-electron chi connectivity index (χ3n) is 3.62. The van der Waals surface area contributed by atoms with Crippen molar-refractivity contribution in [2.75, 3.05) is 11.9 Å². The maximum absolute atomic E-state index is 12.1. The van der Waals surface area contributed by atoms with E-state index in [1.165, 1.54) is 11.3 Å². The van der Waals surface area contributed by atoms with Crippen LogP contribution in [0.4, 0.5) is 11.5 Å². The van der Waals surface area contributed by atoms with Gasteiger partial charge in [-0.2, -0.15) is 4.98 Å². The van der Waals surface area contributed by atoms with Gasteiger partial charge in [0, 0.05) is 5.69 Å². The van der Waals surface area contributed by atoms with E-state index in [4.69, 9.17) is 16.3 Å². The van der Waals surface area contributed by atoms with Crippen molar-refractivity contribution < 1.29 is 9.53 Å². The number of benzene rings is 1. The second kappa shape index (κ2) is 6.75. The molecule has 0 aliphatic heterocycles. The predicted octanol–water partition coefficient (Wildman–Crippen LogP) is 4.88. The SMILES string of the molecule is CCOC(=O)c1sc2nc(Cl)nc(Nc3ccccc3C)c2c1C. The highest BCUT2D eigenvalue weighted by atomic mass is 35.5. The van der Waals surface area contributed by atoms with E-state index in [1.54, 1.807) is 6.92 Å². The second-order valence-electron chi connectivity index (χ2n) is 5.24. The average molecular weight is 362 g/mol. The number of rotatable bonds is 4. The number of halogens is 1. The molecule has 1 aromatic carbocycles. The summed E-state index contributed by atoms with van der Waals surface area (Å²) in [5.74, 6) is 0.236. The number of hydrogen-bond acceptors (Lipinski definition) is 6. The van der Waals surface area contributed by atoms with Crippen molar-refractivity contribution in [2.24, 2.45) is 0 Å². The molecule has 0 saturated carbocycles. The molecule has 0 aliphatic rings. The first kappa shape index (κ1) is 16.7. The molecular formula is C17H16ClN3O2S. The number of carbonyl (C=O) groups is 1. The first-order valence-corrected chi connectivity index (χ1v) is 8.67. The molecule has 0 unspecified atom stereocenters. The lowest BCUT2D eigenvalue weighted by Gasteiger charge is -2.10. The minimum Gasteiger partial charge on any atom is -0.462 e. The van der Waals surface area contributed by atoms with Gasteiger partial charge in [-0.05, 0) is 49.6 Å². The molecule has 0 amide bonds. The zero-order valence-corrected chi connectivity index (χ0v) is 15.1. The second-order valence-corrected chi connectivity index (χ2v) is 6.58. The summed E-state index contributed by atoms with van der Waals surface area (Å²) in [5.41, 5.74) is 2.80. The fourth-order valence-electron chi connectivity index (χ4n) is 2.44. The molecule has 5 nitrogen and oxygen atoms in total. The van der Waals surface area contributed by atoms with Gasteiger partial charge in [-0.1, -0.05) is 18.2 Å². The van der Waals surface area contributed by atoms with Crippen LogP contribution in [0.15, 0.2) is 24.3 Å². The first-order chi connectivity index (χ1) is 11.5. The van der Waals surface area contributed by atoms with Crippen molar-refractivity contribution >= 4 is 50.6 Å². The zero-order chi connectivity index (χ0) is 17.3. The van der Waals surface area contributed by atoms with Gasteiger partial charge >= 0.3 is 5.97 Å². The van der Waals surface area contributed by atoms with E-state index >= 15 is 0 Å². The highest BCUT2D eigenvalue weighted by Gasteiger charge is 2.21. The number of fused-ring (bicyclic) bond motifs is 1. The summed E-state index contributed by atoms with van der Waals surface area (Å²) >= 11 is 7.33.